The molecule has 6 rings (SSSR count). The number of aliphatic hydroxyl groups is 1. The van der Waals surface area contributed by atoms with Gasteiger partial charge in [0.05, 0.1) is 6.10 Å². The molecule has 1 atom stereocenters. The van der Waals surface area contributed by atoms with Gasteiger partial charge in [0.2, 0.25) is 0 Å². The fourth-order valence-corrected chi connectivity index (χ4v) is 6.13. The topological polar surface area (TPSA) is 58.6 Å². The van der Waals surface area contributed by atoms with Crippen LogP contribution < -0.4 is 4.90 Å². The average molecular weight is 496 g/mol. The van der Waals surface area contributed by atoms with Crippen molar-refractivity contribution in [3.05, 3.63) is 71.5 Å². The van der Waals surface area contributed by atoms with E-state index in [-0.39, 0.29) is 0 Å². The van der Waals surface area contributed by atoms with Crippen molar-refractivity contribution in [3.8, 4) is 22.3 Å². The van der Waals surface area contributed by atoms with E-state index in [1.54, 1.807) is 0 Å². The Bertz CT molecular complexity index is 1390. The van der Waals surface area contributed by atoms with Gasteiger partial charge in [-0.25, -0.2) is 4.98 Å². The van der Waals surface area contributed by atoms with Crippen LogP contribution >= 0.6 is 0 Å². The normalized spacial score (nSPS) is 18.4. The molecule has 2 aliphatic heterocycles. The van der Waals surface area contributed by atoms with Crippen molar-refractivity contribution in [2.75, 3.05) is 58.3 Å². The van der Waals surface area contributed by atoms with Crippen LogP contribution in [0.2, 0.25) is 0 Å². The van der Waals surface area contributed by atoms with Crippen LogP contribution in [0.3, 0.4) is 0 Å². The number of likely N-dealkylation sites (N-methyl/N-ethyl adjacent to an activating group) is 1. The SMILES string of the molecule is Cc1cc(-c2cnc3[nH]cc(-c4ccc([C@H](O)C5CN(C)C5)cc4)c3c2)cc(C)c1N1CCN(C)CC1. The Kier molecular flexibility index (Phi) is 6.27. The zero-order valence-corrected chi connectivity index (χ0v) is 22.3. The smallest absolute Gasteiger partial charge is 0.137 e. The number of piperazine rings is 1. The number of anilines is 1. The third-order valence-corrected chi connectivity index (χ3v) is 8.28. The largest absolute Gasteiger partial charge is 0.388 e. The van der Waals surface area contributed by atoms with Crippen LogP contribution in [-0.4, -0.2) is 78.2 Å². The molecule has 0 amide bonds. The zero-order valence-electron chi connectivity index (χ0n) is 22.3. The quantitative estimate of drug-likeness (QED) is 0.414. The monoisotopic (exact) mass is 495 g/mol. The van der Waals surface area contributed by atoms with Gasteiger partial charge in [0.15, 0.2) is 0 Å². The Balaban J connectivity index is 1.29. The molecule has 0 spiro atoms. The number of aliphatic hydroxyl groups excluding tert-OH is 1. The van der Waals surface area contributed by atoms with E-state index < -0.39 is 6.10 Å². The number of nitrogens with one attached hydrogen (secondary N) is 1. The third-order valence-electron chi connectivity index (χ3n) is 8.28. The standard InChI is InChI=1S/C31H37N5O/c1-20-13-24(14-21(2)29(20)36-11-9-34(3)10-12-36)25-15-27-28(17-33-31(27)32-16-25)22-5-7-23(8-6-22)30(37)26-18-35(4)19-26/h5-8,13-17,26,30,37H,9-12,18-19H2,1-4H3,(H,32,33)/t30-/m0/s1. The number of H-pyrrole nitrogens is 1. The molecule has 0 bridgehead atoms. The van der Waals surface area contributed by atoms with Crippen molar-refractivity contribution in [1.29, 1.82) is 0 Å². The fraction of sp³-hybridized carbons (Fsp3) is 0.387. The minimum absolute atomic E-state index is 0.324. The molecule has 6 nitrogen and oxygen atoms in total. The number of likely N-dealkylation sites (tertiary alicyclic amines) is 1. The van der Waals surface area contributed by atoms with Gasteiger partial charge in [0, 0.05) is 79.8 Å². The van der Waals surface area contributed by atoms with E-state index in [2.05, 4.69) is 90.1 Å². The lowest BCUT2D eigenvalue weighted by Crippen LogP contribution is -2.46. The van der Waals surface area contributed by atoms with Crippen molar-refractivity contribution in [2.24, 2.45) is 5.92 Å². The fourth-order valence-electron chi connectivity index (χ4n) is 6.13. The van der Waals surface area contributed by atoms with Gasteiger partial charge in [-0.15, -0.1) is 0 Å². The summed E-state index contributed by atoms with van der Waals surface area (Å²) in [5, 5.41) is 11.8. The summed E-state index contributed by atoms with van der Waals surface area (Å²) >= 11 is 0. The van der Waals surface area contributed by atoms with Gasteiger partial charge >= 0.3 is 0 Å². The minimum atomic E-state index is -0.401. The molecule has 4 heterocycles. The molecular weight excluding hydrogens is 458 g/mol. The number of fused-ring (bicyclic) bond motifs is 1. The number of benzene rings is 2. The molecule has 2 aromatic carbocycles. The van der Waals surface area contributed by atoms with Gasteiger partial charge in [-0.3, -0.25) is 0 Å². The lowest BCUT2D eigenvalue weighted by Gasteiger charge is -2.39. The van der Waals surface area contributed by atoms with E-state index in [1.165, 1.54) is 22.4 Å². The Morgan fingerprint density at radius 2 is 1.54 bits per heavy atom. The molecule has 37 heavy (non-hydrogen) atoms. The summed E-state index contributed by atoms with van der Waals surface area (Å²) in [6.07, 6.45) is 3.61. The first-order valence-corrected chi connectivity index (χ1v) is 13.4. The van der Waals surface area contributed by atoms with Gasteiger partial charge in [-0.2, -0.15) is 0 Å². The highest BCUT2D eigenvalue weighted by molar-refractivity contribution is 5.96. The van der Waals surface area contributed by atoms with Crippen LogP contribution in [0.1, 0.15) is 22.8 Å². The molecule has 4 aromatic rings. The van der Waals surface area contributed by atoms with Gasteiger partial charge < -0.3 is 24.8 Å². The highest BCUT2D eigenvalue weighted by Crippen LogP contribution is 2.36. The van der Waals surface area contributed by atoms with Crippen LogP contribution in [0.4, 0.5) is 5.69 Å². The molecule has 2 N–H and O–H groups in total. The first-order valence-electron chi connectivity index (χ1n) is 13.4. The van der Waals surface area contributed by atoms with Crippen molar-refractivity contribution in [2.45, 2.75) is 20.0 Å². The van der Waals surface area contributed by atoms with Crippen molar-refractivity contribution >= 4 is 16.7 Å². The molecule has 2 aromatic heterocycles. The van der Waals surface area contributed by atoms with Crippen LogP contribution in [0, 0.1) is 19.8 Å². The van der Waals surface area contributed by atoms with E-state index in [1.807, 2.05) is 12.4 Å². The van der Waals surface area contributed by atoms with Crippen molar-refractivity contribution in [3.63, 3.8) is 0 Å². The molecule has 6 heteroatoms. The summed E-state index contributed by atoms with van der Waals surface area (Å²) in [4.78, 5) is 15.3. The van der Waals surface area contributed by atoms with Crippen molar-refractivity contribution in [1.82, 2.24) is 19.8 Å². The van der Waals surface area contributed by atoms with Crippen LogP contribution in [0.15, 0.2) is 54.9 Å². The molecule has 2 saturated heterocycles. The molecule has 192 valence electrons. The summed E-state index contributed by atoms with van der Waals surface area (Å²) in [5.41, 5.74) is 10.5. The number of aromatic nitrogens is 2. The molecule has 0 unspecified atom stereocenters. The Morgan fingerprint density at radius 1 is 0.865 bits per heavy atom. The first kappa shape index (κ1) is 24.2. The molecule has 0 radical (unpaired) electrons. The second kappa shape index (κ2) is 9.60. The average Bonchev–Trinajstić information content (AvgIpc) is 3.30. The van der Waals surface area contributed by atoms with E-state index >= 15 is 0 Å². The lowest BCUT2D eigenvalue weighted by molar-refractivity contribution is 0.00901. The van der Waals surface area contributed by atoms with Gasteiger partial charge in [-0.05, 0) is 74.0 Å². The zero-order chi connectivity index (χ0) is 25.7. The minimum Gasteiger partial charge on any atom is -0.388 e. The summed E-state index contributed by atoms with van der Waals surface area (Å²) in [6, 6.07) is 15.2. The molecular formula is C31H37N5O. The van der Waals surface area contributed by atoms with Crippen LogP contribution in [0.5, 0.6) is 0 Å². The van der Waals surface area contributed by atoms with Gasteiger partial charge in [0.25, 0.3) is 0 Å². The second-order valence-electron chi connectivity index (χ2n) is 11.1. The summed E-state index contributed by atoms with van der Waals surface area (Å²) in [7, 11) is 4.29. The number of hydrogen-bond donors (Lipinski definition) is 2. The maximum atomic E-state index is 10.7. The maximum Gasteiger partial charge on any atom is 0.137 e. The Labute approximate surface area is 219 Å². The number of aryl methyl sites for hydroxylation is 2. The first-order chi connectivity index (χ1) is 17.9. The third kappa shape index (κ3) is 4.54. The Morgan fingerprint density at radius 3 is 2.19 bits per heavy atom. The Hall–Kier alpha value is -3.19. The number of rotatable bonds is 5. The summed E-state index contributed by atoms with van der Waals surface area (Å²) < 4.78 is 0. The number of hydrogen-bond acceptors (Lipinski definition) is 5. The van der Waals surface area contributed by atoms with E-state index in [0.29, 0.717) is 5.92 Å². The number of pyridine rings is 1. The van der Waals surface area contributed by atoms with E-state index in [0.717, 1.165) is 72.6 Å². The number of aromatic amines is 1. The molecule has 0 aliphatic carbocycles. The summed E-state index contributed by atoms with van der Waals surface area (Å²) in [5.74, 6) is 0.324. The maximum absolute atomic E-state index is 10.7. The predicted molar refractivity (Wildman–Crippen MR) is 152 cm³/mol. The van der Waals surface area contributed by atoms with Gasteiger partial charge in [-0.1, -0.05) is 24.3 Å². The van der Waals surface area contributed by atoms with Crippen LogP contribution in [0.25, 0.3) is 33.3 Å². The molecule has 2 fully saturated rings. The summed E-state index contributed by atoms with van der Waals surface area (Å²) in [6.45, 7) is 10.7. The van der Waals surface area contributed by atoms with Crippen molar-refractivity contribution < 1.29 is 5.11 Å². The van der Waals surface area contributed by atoms with E-state index in [9.17, 15) is 5.11 Å². The highest BCUT2D eigenvalue weighted by atomic mass is 16.3. The highest BCUT2D eigenvalue weighted by Gasteiger charge is 2.30. The van der Waals surface area contributed by atoms with Crippen LogP contribution in [-0.2, 0) is 0 Å². The number of nitrogens with zero attached hydrogens (tertiary/aromatic N) is 4. The second-order valence-corrected chi connectivity index (χ2v) is 11.1. The van der Waals surface area contributed by atoms with E-state index in [4.69, 9.17) is 4.98 Å². The van der Waals surface area contributed by atoms with Gasteiger partial charge in [0.1, 0.15) is 5.65 Å². The molecule has 0 saturated carbocycles. The molecule has 2 aliphatic rings. The lowest BCUT2D eigenvalue weighted by atomic mass is 9.89. The predicted octanol–water partition coefficient (Wildman–Crippen LogP) is 4.86.